The number of ether oxygens (including phenoxy) is 1. The maximum Gasteiger partial charge on any atom is 0.307 e. The van der Waals surface area contributed by atoms with Crippen molar-refractivity contribution in [1.82, 2.24) is 14.5 Å². The lowest BCUT2D eigenvalue weighted by molar-refractivity contribution is -0.144. The van der Waals surface area contributed by atoms with Gasteiger partial charge in [0.05, 0.1) is 30.6 Å². The zero-order valence-corrected chi connectivity index (χ0v) is 13.3. The van der Waals surface area contributed by atoms with Gasteiger partial charge in [-0.2, -0.15) is 0 Å². The van der Waals surface area contributed by atoms with Crippen molar-refractivity contribution in [2.75, 3.05) is 6.61 Å². The van der Waals surface area contributed by atoms with Crippen LogP contribution in [-0.2, 0) is 16.0 Å². The number of nitrogens with zero attached hydrogens (tertiary/aromatic N) is 3. The molecule has 2 aromatic rings. The largest absolute Gasteiger partial charge is 0.465 e. The van der Waals surface area contributed by atoms with Crippen LogP contribution < -0.4 is 0 Å². The van der Waals surface area contributed by atoms with Gasteiger partial charge in [-0.3, -0.25) is 4.79 Å². The minimum Gasteiger partial charge on any atom is -0.465 e. The van der Waals surface area contributed by atoms with Crippen LogP contribution in [0.15, 0.2) is 24.2 Å². The number of hydrogen-bond acceptors (Lipinski definition) is 5. The van der Waals surface area contributed by atoms with Crippen LogP contribution >= 0.6 is 11.3 Å². The second kappa shape index (κ2) is 7.93. The summed E-state index contributed by atoms with van der Waals surface area (Å²) in [5.74, 6) is -0.149. The van der Waals surface area contributed by atoms with E-state index in [0.29, 0.717) is 13.0 Å². The second-order valence-corrected chi connectivity index (χ2v) is 5.93. The van der Waals surface area contributed by atoms with Gasteiger partial charge in [0.2, 0.25) is 0 Å². The van der Waals surface area contributed by atoms with Crippen molar-refractivity contribution >= 4 is 17.3 Å². The van der Waals surface area contributed by atoms with Crippen molar-refractivity contribution in [3.8, 4) is 0 Å². The molecule has 0 saturated heterocycles. The lowest BCUT2D eigenvalue weighted by Gasteiger charge is -2.16. The number of rotatable bonds is 8. The van der Waals surface area contributed by atoms with Crippen LogP contribution in [-0.4, -0.2) is 27.1 Å². The summed E-state index contributed by atoms with van der Waals surface area (Å²) in [6, 6.07) is 0.134. The molecule has 2 aromatic heterocycles. The number of imidazole rings is 1. The van der Waals surface area contributed by atoms with Crippen LogP contribution in [0.3, 0.4) is 0 Å². The molecule has 0 amide bonds. The first-order valence-corrected chi connectivity index (χ1v) is 8.10. The SMILES string of the molecule is CCCC(CC(=O)OCCc1scnc1C)n1ccnc1. The first kappa shape index (κ1) is 15.7. The summed E-state index contributed by atoms with van der Waals surface area (Å²) in [6.07, 6.45) is 8.50. The number of esters is 1. The summed E-state index contributed by atoms with van der Waals surface area (Å²) in [7, 11) is 0. The summed E-state index contributed by atoms with van der Waals surface area (Å²) in [6.45, 7) is 4.51. The molecule has 0 aliphatic carbocycles. The van der Waals surface area contributed by atoms with E-state index in [1.54, 1.807) is 23.9 Å². The molecule has 6 heteroatoms. The molecule has 1 unspecified atom stereocenters. The summed E-state index contributed by atoms with van der Waals surface area (Å²) in [5, 5.41) is 0. The van der Waals surface area contributed by atoms with E-state index in [2.05, 4.69) is 16.9 Å². The molecular weight excluding hydrogens is 286 g/mol. The van der Waals surface area contributed by atoms with Crippen LogP contribution in [0.5, 0.6) is 0 Å². The number of aromatic nitrogens is 3. The smallest absolute Gasteiger partial charge is 0.307 e. The first-order chi connectivity index (χ1) is 10.2. The van der Waals surface area contributed by atoms with Crippen molar-refractivity contribution in [3.63, 3.8) is 0 Å². The summed E-state index contributed by atoms with van der Waals surface area (Å²) in [5.41, 5.74) is 2.85. The molecule has 1 atom stereocenters. The Kier molecular flexibility index (Phi) is 5.92. The van der Waals surface area contributed by atoms with Crippen LogP contribution in [0, 0.1) is 6.92 Å². The molecule has 0 fully saturated rings. The van der Waals surface area contributed by atoms with E-state index in [4.69, 9.17) is 4.74 Å². The van der Waals surface area contributed by atoms with E-state index >= 15 is 0 Å². The van der Waals surface area contributed by atoms with Crippen LogP contribution in [0.1, 0.15) is 42.8 Å². The fraction of sp³-hybridized carbons (Fsp3) is 0.533. The molecule has 0 radical (unpaired) electrons. The van der Waals surface area contributed by atoms with Gasteiger partial charge in [0.25, 0.3) is 0 Å². The minimum atomic E-state index is -0.149. The van der Waals surface area contributed by atoms with Crippen LogP contribution in [0.4, 0.5) is 0 Å². The maximum absolute atomic E-state index is 12.0. The van der Waals surface area contributed by atoms with E-state index in [-0.39, 0.29) is 12.0 Å². The Morgan fingerprint density at radius 1 is 1.52 bits per heavy atom. The van der Waals surface area contributed by atoms with Gasteiger partial charge < -0.3 is 9.30 Å². The normalized spacial score (nSPS) is 12.3. The highest BCUT2D eigenvalue weighted by Crippen LogP contribution is 2.19. The Bertz CT molecular complexity index is 551. The Morgan fingerprint density at radius 3 is 3.00 bits per heavy atom. The molecule has 0 aromatic carbocycles. The van der Waals surface area contributed by atoms with Gasteiger partial charge in [-0.25, -0.2) is 9.97 Å². The van der Waals surface area contributed by atoms with Crippen LogP contribution in [0.25, 0.3) is 0 Å². The summed E-state index contributed by atoms with van der Waals surface area (Å²) >= 11 is 1.61. The molecule has 5 nitrogen and oxygen atoms in total. The Morgan fingerprint density at radius 2 is 2.38 bits per heavy atom. The molecule has 0 aliphatic heterocycles. The molecule has 21 heavy (non-hydrogen) atoms. The fourth-order valence-corrected chi connectivity index (χ4v) is 3.01. The molecule has 114 valence electrons. The van der Waals surface area contributed by atoms with Gasteiger partial charge in [0, 0.05) is 29.7 Å². The molecule has 0 spiro atoms. The Hall–Kier alpha value is -1.69. The maximum atomic E-state index is 12.0. The third kappa shape index (κ3) is 4.67. The zero-order valence-electron chi connectivity index (χ0n) is 12.5. The number of aryl methyl sites for hydroxylation is 1. The molecule has 0 saturated carbocycles. The molecular formula is C15H21N3O2S. The first-order valence-electron chi connectivity index (χ1n) is 7.22. The highest BCUT2D eigenvalue weighted by atomic mass is 32.1. The van der Waals surface area contributed by atoms with Crippen molar-refractivity contribution in [3.05, 3.63) is 34.8 Å². The van der Waals surface area contributed by atoms with E-state index in [1.807, 2.05) is 23.2 Å². The number of carbonyl (C=O) groups is 1. The van der Waals surface area contributed by atoms with E-state index in [9.17, 15) is 4.79 Å². The van der Waals surface area contributed by atoms with Crippen LogP contribution in [0.2, 0.25) is 0 Å². The summed E-state index contributed by atoms with van der Waals surface area (Å²) < 4.78 is 7.34. The predicted molar refractivity (Wildman–Crippen MR) is 82.3 cm³/mol. The topological polar surface area (TPSA) is 57.0 Å². The molecule has 0 N–H and O–H groups in total. The third-order valence-electron chi connectivity index (χ3n) is 3.41. The van der Waals surface area contributed by atoms with E-state index < -0.39 is 0 Å². The van der Waals surface area contributed by atoms with Crippen molar-refractivity contribution in [2.45, 2.75) is 45.6 Å². The zero-order chi connectivity index (χ0) is 15.1. The highest BCUT2D eigenvalue weighted by Gasteiger charge is 2.15. The Labute approximate surface area is 129 Å². The highest BCUT2D eigenvalue weighted by molar-refractivity contribution is 7.09. The predicted octanol–water partition coefficient (Wildman–Crippen LogP) is 3.17. The monoisotopic (exact) mass is 307 g/mol. The summed E-state index contributed by atoms with van der Waals surface area (Å²) in [4.78, 5) is 21.4. The van der Waals surface area contributed by atoms with Gasteiger partial charge in [-0.1, -0.05) is 13.3 Å². The average Bonchev–Trinajstić information content (AvgIpc) is 3.11. The molecule has 2 rings (SSSR count). The number of thiazole rings is 1. The fourth-order valence-electron chi connectivity index (χ4n) is 2.25. The number of hydrogen-bond donors (Lipinski definition) is 0. The standard InChI is InChI=1S/C15H21N3O2S/c1-3-4-13(18-7-6-16-10-18)9-15(19)20-8-5-14-12(2)17-11-21-14/h6-7,10-11,13H,3-5,8-9H2,1-2H3. The van der Waals surface area contributed by atoms with Gasteiger partial charge in [-0.15, -0.1) is 11.3 Å². The third-order valence-corrected chi connectivity index (χ3v) is 4.40. The number of carbonyl (C=O) groups excluding carboxylic acids is 1. The van der Waals surface area contributed by atoms with Crippen molar-refractivity contribution in [1.29, 1.82) is 0 Å². The van der Waals surface area contributed by atoms with Crippen molar-refractivity contribution < 1.29 is 9.53 Å². The molecule has 2 heterocycles. The quantitative estimate of drug-likeness (QED) is 0.703. The molecule has 0 aliphatic rings. The second-order valence-electron chi connectivity index (χ2n) is 4.99. The Balaban J connectivity index is 1.78. The lowest BCUT2D eigenvalue weighted by atomic mass is 10.1. The van der Waals surface area contributed by atoms with Gasteiger partial charge >= 0.3 is 5.97 Å². The lowest BCUT2D eigenvalue weighted by Crippen LogP contribution is -2.16. The van der Waals surface area contributed by atoms with Gasteiger partial charge in [-0.05, 0) is 13.3 Å². The van der Waals surface area contributed by atoms with E-state index in [1.165, 1.54) is 4.88 Å². The molecule has 0 bridgehead atoms. The van der Waals surface area contributed by atoms with Crippen molar-refractivity contribution in [2.24, 2.45) is 0 Å². The minimum absolute atomic E-state index is 0.134. The van der Waals surface area contributed by atoms with Gasteiger partial charge in [0.15, 0.2) is 0 Å². The van der Waals surface area contributed by atoms with Gasteiger partial charge in [0.1, 0.15) is 0 Å². The van der Waals surface area contributed by atoms with E-state index in [0.717, 1.165) is 25.0 Å². The average molecular weight is 307 g/mol.